The lowest BCUT2D eigenvalue weighted by molar-refractivity contribution is 0.0888. The maximum absolute atomic E-state index is 12.2. The van der Waals surface area contributed by atoms with Gasteiger partial charge in [0.05, 0.1) is 18.4 Å². The van der Waals surface area contributed by atoms with Gasteiger partial charge in [-0.3, -0.25) is 9.48 Å². The molecule has 1 fully saturated rings. The van der Waals surface area contributed by atoms with E-state index in [4.69, 9.17) is 9.15 Å². The molecule has 1 aliphatic rings. The van der Waals surface area contributed by atoms with Gasteiger partial charge in [0.15, 0.2) is 17.8 Å². The first-order valence-electron chi connectivity index (χ1n) is 7.57. The molecule has 0 unspecified atom stereocenters. The summed E-state index contributed by atoms with van der Waals surface area (Å²) >= 11 is 0. The lowest BCUT2D eigenvalue weighted by Crippen LogP contribution is -2.42. The first-order valence-corrected chi connectivity index (χ1v) is 7.57. The number of carbonyl (C=O) groups is 1. The van der Waals surface area contributed by atoms with Crippen molar-refractivity contribution in [2.45, 2.75) is 51.8 Å². The van der Waals surface area contributed by atoms with E-state index in [0.717, 1.165) is 31.6 Å². The van der Waals surface area contributed by atoms with Gasteiger partial charge in [0.1, 0.15) is 11.9 Å². The summed E-state index contributed by atoms with van der Waals surface area (Å²) in [5.41, 5.74) is 0.337. The van der Waals surface area contributed by atoms with Crippen molar-refractivity contribution in [3.8, 4) is 5.75 Å². The van der Waals surface area contributed by atoms with Crippen molar-refractivity contribution < 1.29 is 13.9 Å². The molecule has 0 bridgehead atoms. The molecule has 7 heteroatoms. The van der Waals surface area contributed by atoms with Crippen LogP contribution in [-0.2, 0) is 6.54 Å². The Morgan fingerprint density at radius 2 is 2.41 bits per heavy atom. The third kappa shape index (κ3) is 2.98. The van der Waals surface area contributed by atoms with E-state index >= 15 is 0 Å². The Morgan fingerprint density at radius 1 is 1.55 bits per heavy atom. The maximum Gasteiger partial charge on any atom is 0.273 e. The van der Waals surface area contributed by atoms with Crippen molar-refractivity contribution in [2.75, 3.05) is 0 Å². The van der Waals surface area contributed by atoms with Gasteiger partial charge in [-0.05, 0) is 33.1 Å². The lowest BCUT2D eigenvalue weighted by atomic mass is 10.2. The molecule has 0 spiro atoms. The average molecular weight is 304 g/mol. The maximum atomic E-state index is 12.2. The summed E-state index contributed by atoms with van der Waals surface area (Å²) in [6.45, 7) is 4.55. The normalized spacial score (nSPS) is 21.0. The molecule has 7 nitrogen and oxygen atoms in total. The van der Waals surface area contributed by atoms with Gasteiger partial charge < -0.3 is 14.5 Å². The van der Waals surface area contributed by atoms with Crippen LogP contribution in [0.2, 0.25) is 0 Å². The topological polar surface area (TPSA) is 82.2 Å². The van der Waals surface area contributed by atoms with Gasteiger partial charge in [-0.15, -0.1) is 0 Å². The zero-order chi connectivity index (χ0) is 15.5. The Balaban J connectivity index is 1.63. The van der Waals surface area contributed by atoms with Crippen LogP contribution in [0.25, 0.3) is 0 Å². The molecule has 0 aliphatic heterocycles. The summed E-state index contributed by atoms with van der Waals surface area (Å²) in [7, 11) is 0. The molecule has 0 aromatic carbocycles. The number of hydrogen-bond donors (Lipinski definition) is 1. The molecule has 1 N–H and O–H groups in total. The van der Waals surface area contributed by atoms with E-state index in [9.17, 15) is 4.79 Å². The van der Waals surface area contributed by atoms with Gasteiger partial charge in [-0.1, -0.05) is 0 Å². The van der Waals surface area contributed by atoms with E-state index in [1.54, 1.807) is 13.1 Å². The molecule has 22 heavy (non-hydrogen) atoms. The first kappa shape index (κ1) is 14.6. The number of aryl methyl sites for hydroxylation is 2. The quantitative estimate of drug-likeness (QED) is 0.912. The Kier molecular flexibility index (Phi) is 4.13. The van der Waals surface area contributed by atoms with Crippen LogP contribution in [0.4, 0.5) is 0 Å². The van der Waals surface area contributed by atoms with Crippen LogP contribution >= 0.6 is 0 Å². The van der Waals surface area contributed by atoms with Gasteiger partial charge in [0.25, 0.3) is 5.91 Å². The van der Waals surface area contributed by atoms with Crippen LogP contribution in [0.15, 0.2) is 23.2 Å². The van der Waals surface area contributed by atoms with E-state index in [0.29, 0.717) is 11.5 Å². The fraction of sp³-hybridized carbons (Fsp3) is 0.533. The van der Waals surface area contributed by atoms with Crippen molar-refractivity contribution in [1.29, 1.82) is 0 Å². The van der Waals surface area contributed by atoms with Crippen molar-refractivity contribution in [2.24, 2.45) is 0 Å². The Bertz CT molecular complexity index is 649. The van der Waals surface area contributed by atoms with Gasteiger partial charge in [0, 0.05) is 6.54 Å². The summed E-state index contributed by atoms with van der Waals surface area (Å²) in [5.74, 6) is 1.05. The fourth-order valence-electron chi connectivity index (χ4n) is 2.75. The second kappa shape index (κ2) is 6.21. The third-order valence-electron chi connectivity index (χ3n) is 3.95. The highest BCUT2D eigenvalue weighted by molar-refractivity contribution is 5.93. The Hall–Kier alpha value is -2.31. The number of aromatic nitrogens is 3. The second-order valence-corrected chi connectivity index (χ2v) is 5.46. The molecule has 1 saturated carbocycles. The molecular formula is C15H20N4O3. The van der Waals surface area contributed by atoms with Gasteiger partial charge in [0.2, 0.25) is 0 Å². The molecule has 3 rings (SSSR count). The number of oxazole rings is 1. The average Bonchev–Trinajstić information content (AvgIpc) is 3.22. The fourth-order valence-corrected chi connectivity index (χ4v) is 2.75. The van der Waals surface area contributed by atoms with Crippen LogP contribution in [0.3, 0.4) is 0 Å². The number of carbonyl (C=O) groups excluding carboxylic acids is 1. The first-order chi connectivity index (χ1) is 10.7. The summed E-state index contributed by atoms with van der Waals surface area (Å²) in [5, 5.41) is 7.20. The van der Waals surface area contributed by atoms with E-state index < -0.39 is 0 Å². The predicted molar refractivity (Wildman–Crippen MR) is 78.7 cm³/mol. The molecule has 2 heterocycles. The Labute approximate surface area is 128 Å². The van der Waals surface area contributed by atoms with Crippen molar-refractivity contribution >= 4 is 5.91 Å². The zero-order valence-electron chi connectivity index (χ0n) is 12.8. The number of nitrogens with zero attached hydrogens (tertiary/aromatic N) is 3. The lowest BCUT2D eigenvalue weighted by Gasteiger charge is -2.21. The molecule has 118 valence electrons. The van der Waals surface area contributed by atoms with Gasteiger partial charge in [-0.2, -0.15) is 5.10 Å². The predicted octanol–water partition coefficient (Wildman–Crippen LogP) is 1.93. The van der Waals surface area contributed by atoms with Gasteiger partial charge in [-0.25, -0.2) is 4.98 Å². The molecule has 0 saturated heterocycles. The standard InChI is InChI=1S/C15H20N4O3/c1-3-19-8-11(7-17-19)22-13-6-4-5-12(13)18-15(20)14-10(2)21-9-16-14/h7-9,12-13H,3-6H2,1-2H3,(H,18,20)/t12-,13+/m0/s1. The van der Waals surface area contributed by atoms with E-state index in [2.05, 4.69) is 15.4 Å². The highest BCUT2D eigenvalue weighted by atomic mass is 16.5. The number of rotatable bonds is 5. The smallest absolute Gasteiger partial charge is 0.273 e. The van der Waals surface area contributed by atoms with E-state index in [1.165, 1.54) is 6.39 Å². The monoisotopic (exact) mass is 304 g/mol. The van der Waals surface area contributed by atoms with Crippen molar-refractivity contribution in [1.82, 2.24) is 20.1 Å². The number of ether oxygens (including phenoxy) is 1. The van der Waals surface area contributed by atoms with Crippen LogP contribution < -0.4 is 10.1 Å². The minimum Gasteiger partial charge on any atom is -0.485 e. The molecular weight excluding hydrogens is 284 g/mol. The van der Waals surface area contributed by atoms with Crippen LogP contribution in [0.1, 0.15) is 42.4 Å². The number of amides is 1. The second-order valence-electron chi connectivity index (χ2n) is 5.46. The SMILES string of the molecule is CCn1cc(O[C@@H]2CCC[C@@H]2NC(=O)c2ncoc2C)cn1. The summed E-state index contributed by atoms with van der Waals surface area (Å²) < 4.78 is 12.9. The molecule has 1 aliphatic carbocycles. The molecule has 2 atom stereocenters. The van der Waals surface area contributed by atoms with Crippen molar-refractivity contribution in [3.05, 3.63) is 30.2 Å². The highest BCUT2D eigenvalue weighted by Crippen LogP contribution is 2.25. The van der Waals surface area contributed by atoms with Crippen LogP contribution in [-0.4, -0.2) is 32.8 Å². The van der Waals surface area contributed by atoms with Crippen molar-refractivity contribution in [3.63, 3.8) is 0 Å². The largest absolute Gasteiger partial charge is 0.485 e. The highest BCUT2D eigenvalue weighted by Gasteiger charge is 2.31. The molecule has 0 radical (unpaired) electrons. The Morgan fingerprint density at radius 3 is 3.09 bits per heavy atom. The molecule has 2 aromatic heterocycles. The third-order valence-corrected chi connectivity index (χ3v) is 3.95. The number of hydrogen-bond acceptors (Lipinski definition) is 5. The summed E-state index contributed by atoms with van der Waals surface area (Å²) in [6, 6.07) is -0.0198. The summed E-state index contributed by atoms with van der Waals surface area (Å²) in [6.07, 6.45) is 7.67. The van der Waals surface area contributed by atoms with Gasteiger partial charge >= 0.3 is 0 Å². The van der Waals surface area contributed by atoms with E-state index in [1.807, 2.05) is 17.8 Å². The molecule has 2 aromatic rings. The minimum absolute atomic E-state index is 0.0198. The number of nitrogens with one attached hydrogen (secondary N) is 1. The molecule has 1 amide bonds. The van der Waals surface area contributed by atoms with E-state index in [-0.39, 0.29) is 18.1 Å². The van der Waals surface area contributed by atoms with Crippen LogP contribution in [0, 0.1) is 6.92 Å². The van der Waals surface area contributed by atoms with Crippen LogP contribution in [0.5, 0.6) is 5.75 Å². The minimum atomic E-state index is -0.212. The summed E-state index contributed by atoms with van der Waals surface area (Å²) in [4.78, 5) is 16.2. The zero-order valence-corrected chi connectivity index (χ0v) is 12.8.